The lowest BCUT2D eigenvalue weighted by Gasteiger charge is -2.34. The first-order chi connectivity index (χ1) is 13.3. The normalized spacial score (nSPS) is 19.4. The molecule has 0 spiro atoms. The minimum absolute atomic E-state index is 0. The molecule has 0 radical (unpaired) electrons. The summed E-state index contributed by atoms with van der Waals surface area (Å²) in [6, 6.07) is 9.93. The summed E-state index contributed by atoms with van der Waals surface area (Å²) in [6.07, 6.45) is 2.90. The molecule has 0 aliphatic carbocycles. The number of para-hydroxylation sites is 1. The quantitative estimate of drug-likeness (QED) is 0.732. The van der Waals surface area contributed by atoms with Crippen LogP contribution < -0.4 is 5.32 Å². The lowest BCUT2D eigenvalue weighted by Crippen LogP contribution is -2.48. The van der Waals surface area contributed by atoms with Crippen molar-refractivity contribution in [3.8, 4) is 5.69 Å². The van der Waals surface area contributed by atoms with Gasteiger partial charge in [-0.2, -0.15) is 4.68 Å². The monoisotopic (exact) mass is 441 g/mol. The second-order valence-corrected chi connectivity index (χ2v) is 7.40. The predicted octanol–water partition coefficient (Wildman–Crippen LogP) is 1.54. The van der Waals surface area contributed by atoms with Crippen LogP contribution in [0.1, 0.15) is 25.1 Å². The number of nitrogens with zero attached hydrogens (tertiary/aromatic N) is 6. The van der Waals surface area contributed by atoms with Gasteiger partial charge in [-0.25, -0.2) is 0 Å². The second-order valence-electron chi connectivity index (χ2n) is 7.40. The van der Waals surface area contributed by atoms with Gasteiger partial charge in [0.1, 0.15) is 0 Å². The fourth-order valence-corrected chi connectivity index (χ4v) is 3.88. The molecule has 0 bridgehead atoms. The van der Waals surface area contributed by atoms with Gasteiger partial charge in [0.05, 0.1) is 12.2 Å². The van der Waals surface area contributed by atoms with E-state index in [2.05, 4.69) is 25.7 Å². The van der Waals surface area contributed by atoms with E-state index < -0.39 is 0 Å². The van der Waals surface area contributed by atoms with E-state index in [0.717, 1.165) is 57.2 Å². The van der Waals surface area contributed by atoms with Gasteiger partial charge in [-0.15, -0.1) is 29.9 Å². The van der Waals surface area contributed by atoms with Crippen molar-refractivity contribution in [3.63, 3.8) is 0 Å². The van der Waals surface area contributed by atoms with E-state index in [1.165, 1.54) is 6.42 Å². The van der Waals surface area contributed by atoms with Crippen LogP contribution in [0.25, 0.3) is 5.69 Å². The molecule has 2 fully saturated rings. The number of nitrogens with one attached hydrogen (secondary N) is 1. The Hall–Kier alpha value is -1.74. The van der Waals surface area contributed by atoms with Crippen LogP contribution in [-0.2, 0) is 11.3 Å². The fraction of sp³-hybridized carbons (Fsp3) is 0.579. The van der Waals surface area contributed by atoms with E-state index in [-0.39, 0.29) is 24.8 Å². The Morgan fingerprint density at radius 3 is 2.55 bits per heavy atom. The highest BCUT2D eigenvalue weighted by atomic mass is 35.5. The minimum atomic E-state index is 0. The Labute approximate surface area is 183 Å². The lowest BCUT2D eigenvalue weighted by molar-refractivity contribution is -0.133. The van der Waals surface area contributed by atoms with Gasteiger partial charge in [0.2, 0.25) is 5.91 Å². The van der Waals surface area contributed by atoms with Crippen molar-refractivity contribution in [1.82, 2.24) is 35.3 Å². The zero-order valence-corrected chi connectivity index (χ0v) is 18.1. The number of tetrazole rings is 1. The van der Waals surface area contributed by atoms with Gasteiger partial charge in [0.25, 0.3) is 0 Å². The molecule has 1 atom stereocenters. The summed E-state index contributed by atoms with van der Waals surface area (Å²) < 4.78 is 1.78. The average molecular weight is 442 g/mol. The van der Waals surface area contributed by atoms with Crippen LogP contribution in [0.4, 0.5) is 0 Å². The summed E-state index contributed by atoms with van der Waals surface area (Å²) in [5.41, 5.74) is 0.965. The third kappa shape index (κ3) is 6.12. The molecule has 29 heavy (non-hydrogen) atoms. The Kier molecular flexibility index (Phi) is 9.29. The first-order valence-corrected chi connectivity index (χ1v) is 9.83. The number of hydrogen-bond acceptors (Lipinski definition) is 6. The number of amides is 1. The first-order valence-electron chi connectivity index (χ1n) is 9.83. The maximum atomic E-state index is 12.5. The van der Waals surface area contributed by atoms with E-state index in [0.29, 0.717) is 24.8 Å². The minimum Gasteiger partial charge on any atom is -0.340 e. The number of halogens is 2. The Bertz CT molecular complexity index is 744. The van der Waals surface area contributed by atoms with E-state index >= 15 is 0 Å². The molecular formula is C19H29Cl2N7O. The van der Waals surface area contributed by atoms with Crippen LogP contribution in [0.5, 0.6) is 0 Å². The molecule has 1 N–H and O–H groups in total. The van der Waals surface area contributed by atoms with Crippen molar-refractivity contribution < 1.29 is 4.79 Å². The third-order valence-electron chi connectivity index (χ3n) is 5.55. The van der Waals surface area contributed by atoms with E-state index in [9.17, 15) is 4.79 Å². The van der Waals surface area contributed by atoms with Gasteiger partial charge in [-0.3, -0.25) is 9.69 Å². The molecule has 2 aliphatic heterocycles. The molecule has 1 unspecified atom stereocenters. The molecule has 1 amide bonds. The third-order valence-corrected chi connectivity index (χ3v) is 5.55. The molecule has 8 nitrogen and oxygen atoms in total. The summed E-state index contributed by atoms with van der Waals surface area (Å²) in [6.45, 7) is 6.15. The first kappa shape index (κ1) is 23.5. The Morgan fingerprint density at radius 1 is 1.10 bits per heavy atom. The highest BCUT2D eigenvalue weighted by molar-refractivity contribution is 5.85. The van der Waals surface area contributed by atoms with Crippen LogP contribution in [0.15, 0.2) is 30.3 Å². The molecule has 10 heteroatoms. The van der Waals surface area contributed by atoms with Crippen molar-refractivity contribution in [2.45, 2.75) is 25.8 Å². The number of rotatable bonds is 6. The largest absolute Gasteiger partial charge is 0.340 e. The number of benzene rings is 1. The van der Waals surface area contributed by atoms with Crippen LogP contribution >= 0.6 is 24.8 Å². The lowest BCUT2D eigenvalue weighted by atomic mass is 10.0. The second kappa shape index (κ2) is 11.4. The molecule has 2 aromatic rings. The van der Waals surface area contributed by atoms with Gasteiger partial charge in [-0.1, -0.05) is 18.2 Å². The molecule has 3 heterocycles. The van der Waals surface area contributed by atoms with Gasteiger partial charge < -0.3 is 10.2 Å². The van der Waals surface area contributed by atoms with Gasteiger partial charge in [0, 0.05) is 32.6 Å². The maximum Gasteiger partial charge on any atom is 0.222 e. The molecule has 4 rings (SSSR count). The van der Waals surface area contributed by atoms with Crippen molar-refractivity contribution in [1.29, 1.82) is 0 Å². The van der Waals surface area contributed by atoms with Crippen molar-refractivity contribution in [2.75, 3.05) is 39.3 Å². The van der Waals surface area contributed by atoms with E-state index in [4.69, 9.17) is 0 Å². The summed E-state index contributed by atoms with van der Waals surface area (Å²) in [5.74, 6) is 1.80. The van der Waals surface area contributed by atoms with Crippen LogP contribution in [0, 0.1) is 5.92 Å². The topological polar surface area (TPSA) is 79.2 Å². The standard InChI is InChI=1S/C19H27N7O.2ClH/c27-19(7-6-16-8-9-20-14-16)25-12-10-24(11-13-25)15-18-21-22-23-26(18)17-4-2-1-3-5-17;;/h1-5,16,20H,6-15H2;2*1H. The number of aromatic nitrogens is 4. The van der Waals surface area contributed by atoms with Crippen LogP contribution in [0.3, 0.4) is 0 Å². The van der Waals surface area contributed by atoms with Gasteiger partial charge >= 0.3 is 0 Å². The maximum absolute atomic E-state index is 12.5. The molecular weight excluding hydrogens is 413 g/mol. The predicted molar refractivity (Wildman–Crippen MR) is 116 cm³/mol. The zero-order chi connectivity index (χ0) is 18.5. The highest BCUT2D eigenvalue weighted by Gasteiger charge is 2.24. The van der Waals surface area contributed by atoms with E-state index in [1.807, 2.05) is 35.2 Å². The van der Waals surface area contributed by atoms with Crippen molar-refractivity contribution in [3.05, 3.63) is 36.2 Å². The highest BCUT2D eigenvalue weighted by Crippen LogP contribution is 2.16. The summed E-state index contributed by atoms with van der Waals surface area (Å²) in [5, 5.41) is 15.5. The molecule has 0 saturated carbocycles. The fourth-order valence-electron chi connectivity index (χ4n) is 3.88. The smallest absolute Gasteiger partial charge is 0.222 e. The van der Waals surface area contributed by atoms with Crippen molar-refractivity contribution >= 4 is 30.7 Å². The summed E-state index contributed by atoms with van der Waals surface area (Å²) >= 11 is 0. The SMILES string of the molecule is Cl.Cl.O=C(CCC1CCNC1)N1CCN(Cc2nnnn2-c2ccccc2)CC1. The Morgan fingerprint density at radius 2 is 1.86 bits per heavy atom. The molecule has 160 valence electrons. The van der Waals surface area contributed by atoms with Gasteiger partial charge in [-0.05, 0) is 54.4 Å². The van der Waals surface area contributed by atoms with Crippen LogP contribution in [-0.4, -0.2) is 75.2 Å². The Balaban J connectivity index is 0.00000150. The summed E-state index contributed by atoms with van der Waals surface area (Å²) in [7, 11) is 0. The van der Waals surface area contributed by atoms with E-state index in [1.54, 1.807) is 4.68 Å². The van der Waals surface area contributed by atoms with Gasteiger partial charge in [0.15, 0.2) is 5.82 Å². The molecule has 1 aromatic heterocycles. The number of carbonyl (C=O) groups excluding carboxylic acids is 1. The molecule has 1 aromatic carbocycles. The van der Waals surface area contributed by atoms with Crippen molar-refractivity contribution in [2.24, 2.45) is 5.92 Å². The number of carbonyl (C=O) groups is 1. The summed E-state index contributed by atoms with van der Waals surface area (Å²) in [4.78, 5) is 16.8. The average Bonchev–Trinajstić information content (AvgIpc) is 3.39. The zero-order valence-electron chi connectivity index (χ0n) is 16.4. The van der Waals surface area contributed by atoms with Crippen LogP contribution in [0.2, 0.25) is 0 Å². The molecule has 2 saturated heterocycles. The number of piperazine rings is 1. The number of hydrogen-bond donors (Lipinski definition) is 1. The molecule has 2 aliphatic rings.